The first-order chi connectivity index (χ1) is 9.04. The van der Waals surface area contributed by atoms with Crippen LogP contribution in [0.2, 0.25) is 10.0 Å². The summed E-state index contributed by atoms with van der Waals surface area (Å²) in [4.78, 5) is 2.47. The van der Waals surface area contributed by atoms with Gasteiger partial charge < -0.3 is 5.73 Å². The summed E-state index contributed by atoms with van der Waals surface area (Å²) in [5, 5.41) is 1.31. The van der Waals surface area contributed by atoms with E-state index in [1.807, 2.05) is 12.1 Å². The van der Waals surface area contributed by atoms with Crippen LogP contribution in [0.3, 0.4) is 0 Å². The maximum absolute atomic E-state index is 6.32. The van der Waals surface area contributed by atoms with E-state index in [9.17, 15) is 0 Å². The minimum Gasteiger partial charge on any atom is -0.330 e. The second-order valence-corrected chi connectivity index (χ2v) is 6.36. The van der Waals surface area contributed by atoms with Crippen LogP contribution in [0.4, 0.5) is 0 Å². The minimum absolute atomic E-state index is 0.285. The molecule has 3 atom stereocenters. The Morgan fingerprint density at radius 2 is 2.16 bits per heavy atom. The second-order valence-electron chi connectivity index (χ2n) is 5.58. The van der Waals surface area contributed by atoms with Gasteiger partial charge in [-0.2, -0.15) is 0 Å². The summed E-state index contributed by atoms with van der Waals surface area (Å²) in [6.07, 6.45) is 1.20. The summed E-state index contributed by atoms with van der Waals surface area (Å²) in [6.45, 7) is 7.39. The van der Waals surface area contributed by atoms with Crippen LogP contribution in [0.5, 0.6) is 0 Å². The van der Waals surface area contributed by atoms with Crippen molar-refractivity contribution in [2.45, 2.75) is 26.3 Å². The van der Waals surface area contributed by atoms with Crippen LogP contribution in [0.25, 0.3) is 0 Å². The summed E-state index contributed by atoms with van der Waals surface area (Å²) in [6, 6.07) is 6.15. The van der Waals surface area contributed by atoms with Crippen molar-refractivity contribution >= 4 is 23.2 Å². The Bertz CT molecular complexity index is 436. The van der Waals surface area contributed by atoms with Gasteiger partial charge in [0.05, 0.1) is 10.0 Å². The molecule has 0 amide bonds. The highest BCUT2D eigenvalue weighted by Gasteiger charge is 2.29. The van der Waals surface area contributed by atoms with Gasteiger partial charge in [-0.3, -0.25) is 4.90 Å². The van der Waals surface area contributed by atoms with Crippen LogP contribution in [-0.2, 0) is 0 Å². The highest BCUT2D eigenvalue weighted by atomic mass is 35.5. The van der Waals surface area contributed by atoms with Gasteiger partial charge in [-0.15, -0.1) is 0 Å². The number of nitrogens with two attached hydrogens (primary N) is 1. The lowest BCUT2D eigenvalue weighted by molar-refractivity contribution is 0.0979. The van der Waals surface area contributed by atoms with Gasteiger partial charge in [-0.25, -0.2) is 0 Å². The molecule has 2 nitrogen and oxygen atoms in total. The van der Waals surface area contributed by atoms with Crippen LogP contribution < -0.4 is 5.73 Å². The predicted molar refractivity (Wildman–Crippen MR) is 82.8 cm³/mol. The Kier molecular flexibility index (Phi) is 5.13. The van der Waals surface area contributed by atoms with E-state index >= 15 is 0 Å². The van der Waals surface area contributed by atoms with Crippen molar-refractivity contribution in [1.82, 2.24) is 4.90 Å². The molecule has 1 aromatic rings. The molecule has 2 rings (SSSR count). The van der Waals surface area contributed by atoms with Crippen molar-refractivity contribution in [1.29, 1.82) is 0 Å². The number of piperidine rings is 1. The smallest absolute Gasteiger partial charge is 0.0640 e. The molecule has 0 aliphatic carbocycles. The van der Waals surface area contributed by atoms with Crippen molar-refractivity contribution in [3.05, 3.63) is 33.8 Å². The molecular weight excluding hydrogens is 279 g/mol. The van der Waals surface area contributed by atoms with E-state index in [0.717, 1.165) is 25.2 Å². The third-order valence-electron chi connectivity index (χ3n) is 4.43. The van der Waals surface area contributed by atoms with Crippen LogP contribution in [-0.4, -0.2) is 24.5 Å². The fourth-order valence-electron chi connectivity index (χ4n) is 2.88. The molecule has 0 saturated carbocycles. The number of hydrogen-bond donors (Lipinski definition) is 1. The van der Waals surface area contributed by atoms with Gasteiger partial charge in [0.1, 0.15) is 0 Å². The molecule has 1 heterocycles. The van der Waals surface area contributed by atoms with E-state index in [1.165, 1.54) is 6.42 Å². The standard InChI is InChI=1S/C15H22Cl2N2/c1-10-6-7-19(9-12(10)8-18)11(2)13-4-3-5-14(16)15(13)17/h3-5,10-12H,6-9,18H2,1-2H3. The molecule has 1 aliphatic heterocycles. The fraction of sp³-hybridized carbons (Fsp3) is 0.600. The molecule has 0 spiro atoms. The number of benzene rings is 1. The van der Waals surface area contributed by atoms with Gasteiger partial charge in [-0.1, -0.05) is 42.3 Å². The van der Waals surface area contributed by atoms with Gasteiger partial charge in [0.15, 0.2) is 0 Å². The number of halogens is 2. The van der Waals surface area contributed by atoms with Crippen LogP contribution in [0.15, 0.2) is 18.2 Å². The minimum atomic E-state index is 0.285. The zero-order valence-corrected chi connectivity index (χ0v) is 13.1. The number of hydrogen-bond acceptors (Lipinski definition) is 2. The SMILES string of the molecule is CC1CCN(C(C)c2cccc(Cl)c2Cl)CC1CN. The third-order valence-corrected chi connectivity index (χ3v) is 5.26. The average molecular weight is 301 g/mol. The molecule has 0 bridgehead atoms. The van der Waals surface area contributed by atoms with Crippen molar-refractivity contribution in [2.24, 2.45) is 17.6 Å². The van der Waals surface area contributed by atoms with Crippen molar-refractivity contribution in [2.75, 3.05) is 19.6 Å². The van der Waals surface area contributed by atoms with Crippen molar-refractivity contribution < 1.29 is 0 Å². The molecular formula is C15H22Cl2N2. The van der Waals surface area contributed by atoms with Gasteiger partial charge in [-0.05, 0) is 49.9 Å². The van der Waals surface area contributed by atoms with E-state index in [1.54, 1.807) is 0 Å². The monoisotopic (exact) mass is 300 g/mol. The Hall–Kier alpha value is -0.280. The van der Waals surface area contributed by atoms with Crippen LogP contribution in [0, 0.1) is 11.8 Å². The summed E-state index contributed by atoms with van der Waals surface area (Å²) < 4.78 is 0. The van der Waals surface area contributed by atoms with E-state index in [0.29, 0.717) is 21.9 Å². The largest absolute Gasteiger partial charge is 0.330 e. The summed E-state index contributed by atoms with van der Waals surface area (Å²) in [7, 11) is 0. The zero-order valence-electron chi connectivity index (χ0n) is 11.6. The van der Waals surface area contributed by atoms with E-state index in [-0.39, 0.29) is 6.04 Å². The van der Waals surface area contributed by atoms with Gasteiger partial charge in [0.2, 0.25) is 0 Å². The molecule has 1 saturated heterocycles. The lowest BCUT2D eigenvalue weighted by Gasteiger charge is -2.40. The molecule has 1 fully saturated rings. The third kappa shape index (κ3) is 3.25. The summed E-state index contributed by atoms with van der Waals surface area (Å²) >= 11 is 12.4. The second kappa shape index (κ2) is 6.45. The van der Waals surface area contributed by atoms with Crippen molar-refractivity contribution in [3.63, 3.8) is 0 Å². The summed E-state index contributed by atoms with van der Waals surface area (Å²) in [5.41, 5.74) is 6.99. The number of likely N-dealkylation sites (tertiary alicyclic amines) is 1. The molecule has 3 unspecified atom stereocenters. The lowest BCUT2D eigenvalue weighted by atomic mass is 9.86. The Morgan fingerprint density at radius 3 is 2.84 bits per heavy atom. The van der Waals surface area contributed by atoms with Gasteiger partial charge >= 0.3 is 0 Å². The van der Waals surface area contributed by atoms with E-state index < -0.39 is 0 Å². The Morgan fingerprint density at radius 1 is 1.42 bits per heavy atom. The topological polar surface area (TPSA) is 29.3 Å². The Balaban J connectivity index is 2.15. The average Bonchev–Trinajstić information content (AvgIpc) is 2.41. The molecule has 0 aromatic heterocycles. The van der Waals surface area contributed by atoms with Crippen LogP contribution in [0.1, 0.15) is 31.9 Å². The molecule has 19 heavy (non-hydrogen) atoms. The fourth-order valence-corrected chi connectivity index (χ4v) is 3.34. The first-order valence-corrected chi connectivity index (χ1v) is 7.68. The molecule has 1 aliphatic rings. The molecule has 0 radical (unpaired) electrons. The maximum atomic E-state index is 6.32. The maximum Gasteiger partial charge on any atom is 0.0640 e. The van der Waals surface area contributed by atoms with E-state index in [2.05, 4.69) is 24.8 Å². The number of nitrogens with zero attached hydrogens (tertiary/aromatic N) is 1. The lowest BCUT2D eigenvalue weighted by Crippen LogP contribution is -2.43. The molecule has 1 aromatic carbocycles. The van der Waals surface area contributed by atoms with E-state index in [4.69, 9.17) is 28.9 Å². The normalized spacial score (nSPS) is 26.4. The van der Waals surface area contributed by atoms with Crippen LogP contribution >= 0.6 is 23.2 Å². The highest BCUT2D eigenvalue weighted by Crippen LogP contribution is 2.35. The quantitative estimate of drug-likeness (QED) is 0.915. The molecule has 4 heteroatoms. The zero-order chi connectivity index (χ0) is 14.0. The predicted octanol–water partition coefficient (Wildman–Crippen LogP) is 3.97. The molecule has 2 N–H and O–H groups in total. The van der Waals surface area contributed by atoms with Crippen molar-refractivity contribution in [3.8, 4) is 0 Å². The number of rotatable bonds is 3. The Labute approximate surface area is 125 Å². The van der Waals surface area contributed by atoms with Gasteiger partial charge in [0, 0.05) is 12.6 Å². The highest BCUT2D eigenvalue weighted by molar-refractivity contribution is 6.42. The molecule has 106 valence electrons. The van der Waals surface area contributed by atoms with Gasteiger partial charge in [0.25, 0.3) is 0 Å². The first-order valence-electron chi connectivity index (χ1n) is 6.92. The summed E-state index contributed by atoms with van der Waals surface area (Å²) in [5.74, 6) is 1.29. The first kappa shape index (κ1) is 15.1.